The number of halogens is 1. The van der Waals surface area contributed by atoms with Crippen molar-refractivity contribution in [1.29, 1.82) is 0 Å². The summed E-state index contributed by atoms with van der Waals surface area (Å²) in [5.41, 5.74) is 7.63. The molecule has 0 fully saturated rings. The van der Waals surface area contributed by atoms with Gasteiger partial charge in [0.15, 0.2) is 5.82 Å². The molecule has 0 aliphatic rings. The number of nitrogens with zero attached hydrogens (tertiary/aromatic N) is 4. The van der Waals surface area contributed by atoms with E-state index in [4.69, 9.17) is 5.73 Å². The van der Waals surface area contributed by atoms with Crippen molar-refractivity contribution in [3.8, 4) is 10.6 Å². The molecule has 3 aromatic rings. The van der Waals surface area contributed by atoms with Crippen molar-refractivity contribution >= 4 is 37.9 Å². The van der Waals surface area contributed by atoms with Crippen molar-refractivity contribution in [2.45, 2.75) is 13.3 Å². The summed E-state index contributed by atoms with van der Waals surface area (Å²) >= 11 is 4.88. The molecular weight excluding hydrogens is 314 g/mol. The Morgan fingerprint density at radius 2 is 2.22 bits per heavy atom. The maximum absolute atomic E-state index is 6.01. The number of nitrogens with two attached hydrogens (primary N) is 1. The first-order chi connectivity index (χ1) is 8.69. The van der Waals surface area contributed by atoms with Gasteiger partial charge in [0.2, 0.25) is 4.96 Å². The van der Waals surface area contributed by atoms with Gasteiger partial charge in [-0.05, 0) is 18.2 Å². The van der Waals surface area contributed by atoms with Crippen LogP contribution < -0.4 is 5.73 Å². The van der Waals surface area contributed by atoms with Crippen LogP contribution in [0.15, 0.2) is 22.7 Å². The molecule has 0 atom stereocenters. The third kappa shape index (κ3) is 1.79. The van der Waals surface area contributed by atoms with Crippen molar-refractivity contribution in [3.05, 3.63) is 28.5 Å². The molecule has 2 N–H and O–H groups in total. The molecule has 0 bridgehead atoms. The molecule has 0 amide bonds. The number of hydrogen-bond donors (Lipinski definition) is 1. The zero-order valence-electron chi connectivity index (χ0n) is 9.59. The Bertz CT molecular complexity index is 717. The summed E-state index contributed by atoms with van der Waals surface area (Å²) in [5.74, 6) is 0.864. The van der Waals surface area contributed by atoms with Gasteiger partial charge in [-0.1, -0.05) is 34.2 Å². The van der Waals surface area contributed by atoms with Crippen LogP contribution >= 0.6 is 27.3 Å². The SMILES string of the molecule is CCc1nnc2sc(-c3ccc(Br)cc3N)nn12. The standard InChI is InChI=1S/C11H10BrN5S/c1-2-9-14-15-11-17(9)16-10(18-11)7-4-3-6(12)5-8(7)13/h3-5H,2,13H2,1H3. The van der Waals surface area contributed by atoms with E-state index in [1.54, 1.807) is 4.52 Å². The lowest BCUT2D eigenvalue weighted by Crippen LogP contribution is -1.94. The summed E-state index contributed by atoms with van der Waals surface area (Å²) < 4.78 is 2.74. The van der Waals surface area contributed by atoms with Gasteiger partial charge in [-0.3, -0.25) is 0 Å². The van der Waals surface area contributed by atoms with Crippen LogP contribution in [0, 0.1) is 0 Å². The Morgan fingerprint density at radius 3 is 2.94 bits per heavy atom. The van der Waals surface area contributed by atoms with Gasteiger partial charge in [0.1, 0.15) is 5.01 Å². The smallest absolute Gasteiger partial charge is 0.234 e. The zero-order valence-corrected chi connectivity index (χ0v) is 12.0. The third-order valence-corrected chi connectivity index (χ3v) is 4.04. The summed E-state index contributed by atoms with van der Waals surface area (Å²) in [7, 11) is 0. The second kappa shape index (κ2) is 4.33. The highest BCUT2D eigenvalue weighted by Crippen LogP contribution is 2.31. The van der Waals surface area contributed by atoms with E-state index >= 15 is 0 Å². The van der Waals surface area contributed by atoms with E-state index in [0.29, 0.717) is 5.69 Å². The summed E-state index contributed by atoms with van der Waals surface area (Å²) in [6.45, 7) is 2.03. The van der Waals surface area contributed by atoms with Gasteiger partial charge in [0.05, 0.1) is 0 Å². The number of fused-ring (bicyclic) bond motifs is 1. The molecule has 7 heteroatoms. The lowest BCUT2D eigenvalue weighted by Gasteiger charge is -2.01. The topological polar surface area (TPSA) is 69.1 Å². The highest BCUT2D eigenvalue weighted by molar-refractivity contribution is 9.10. The first kappa shape index (κ1) is 11.6. The number of aromatic nitrogens is 4. The highest BCUT2D eigenvalue weighted by Gasteiger charge is 2.13. The average Bonchev–Trinajstić information content (AvgIpc) is 2.88. The molecule has 0 radical (unpaired) electrons. The third-order valence-electron chi connectivity index (χ3n) is 2.62. The van der Waals surface area contributed by atoms with Crippen LogP contribution in [0.5, 0.6) is 0 Å². The van der Waals surface area contributed by atoms with Crippen LogP contribution in [0.25, 0.3) is 15.5 Å². The van der Waals surface area contributed by atoms with Gasteiger partial charge in [-0.15, -0.1) is 10.2 Å². The lowest BCUT2D eigenvalue weighted by molar-refractivity contribution is 0.838. The minimum atomic E-state index is 0.701. The van der Waals surface area contributed by atoms with Crippen LogP contribution in [-0.2, 0) is 6.42 Å². The van der Waals surface area contributed by atoms with Gasteiger partial charge in [0, 0.05) is 22.1 Å². The molecule has 0 saturated carbocycles. The van der Waals surface area contributed by atoms with Crippen LogP contribution in [0.2, 0.25) is 0 Å². The van der Waals surface area contributed by atoms with Crippen LogP contribution in [0.1, 0.15) is 12.7 Å². The molecule has 2 heterocycles. The quantitative estimate of drug-likeness (QED) is 0.736. The molecule has 0 aliphatic heterocycles. The molecule has 18 heavy (non-hydrogen) atoms. The van der Waals surface area contributed by atoms with E-state index in [-0.39, 0.29) is 0 Å². The fourth-order valence-electron chi connectivity index (χ4n) is 1.72. The van der Waals surface area contributed by atoms with E-state index in [1.807, 2.05) is 25.1 Å². The Hall–Kier alpha value is -1.47. The van der Waals surface area contributed by atoms with Crippen LogP contribution in [0.4, 0.5) is 5.69 Å². The minimum absolute atomic E-state index is 0.701. The number of anilines is 1. The molecular formula is C11H10BrN5S. The summed E-state index contributed by atoms with van der Waals surface area (Å²) in [4.78, 5) is 0.796. The van der Waals surface area contributed by atoms with E-state index in [9.17, 15) is 0 Å². The second-order valence-electron chi connectivity index (χ2n) is 3.80. The molecule has 92 valence electrons. The van der Waals surface area contributed by atoms with E-state index in [0.717, 1.165) is 32.2 Å². The van der Waals surface area contributed by atoms with Gasteiger partial charge < -0.3 is 5.73 Å². The molecule has 0 aliphatic carbocycles. The number of aryl methyl sites for hydroxylation is 1. The summed E-state index contributed by atoms with van der Waals surface area (Å²) in [6.07, 6.45) is 0.806. The van der Waals surface area contributed by atoms with Gasteiger partial charge in [0.25, 0.3) is 0 Å². The average molecular weight is 324 g/mol. The minimum Gasteiger partial charge on any atom is -0.398 e. The molecule has 5 nitrogen and oxygen atoms in total. The number of nitrogen functional groups attached to an aromatic ring is 1. The highest BCUT2D eigenvalue weighted by atomic mass is 79.9. The molecule has 0 spiro atoms. The number of rotatable bonds is 2. The number of hydrogen-bond acceptors (Lipinski definition) is 5. The maximum atomic E-state index is 6.01. The summed E-state index contributed by atoms with van der Waals surface area (Å²) in [5, 5.41) is 13.5. The van der Waals surface area contributed by atoms with E-state index in [1.165, 1.54) is 11.3 Å². The molecule has 0 unspecified atom stereocenters. The van der Waals surface area contributed by atoms with Crippen molar-refractivity contribution in [2.75, 3.05) is 5.73 Å². The Labute approximate surface area is 116 Å². The molecule has 0 saturated heterocycles. The van der Waals surface area contributed by atoms with Crippen molar-refractivity contribution in [3.63, 3.8) is 0 Å². The first-order valence-electron chi connectivity index (χ1n) is 5.45. The van der Waals surface area contributed by atoms with Crippen LogP contribution in [0.3, 0.4) is 0 Å². The predicted molar refractivity (Wildman–Crippen MR) is 75.6 cm³/mol. The molecule has 1 aromatic carbocycles. The van der Waals surface area contributed by atoms with E-state index in [2.05, 4.69) is 31.2 Å². The van der Waals surface area contributed by atoms with Crippen LogP contribution in [-0.4, -0.2) is 19.8 Å². The first-order valence-corrected chi connectivity index (χ1v) is 7.06. The Kier molecular flexibility index (Phi) is 2.79. The second-order valence-corrected chi connectivity index (χ2v) is 5.67. The van der Waals surface area contributed by atoms with Gasteiger partial charge in [-0.25, -0.2) is 0 Å². The molecule has 3 rings (SSSR count). The van der Waals surface area contributed by atoms with Crippen molar-refractivity contribution in [2.24, 2.45) is 0 Å². The lowest BCUT2D eigenvalue weighted by atomic mass is 10.2. The number of benzene rings is 1. The predicted octanol–water partition coefficient (Wildman–Crippen LogP) is 2.76. The van der Waals surface area contributed by atoms with Crippen molar-refractivity contribution < 1.29 is 0 Å². The largest absolute Gasteiger partial charge is 0.398 e. The zero-order chi connectivity index (χ0) is 12.7. The van der Waals surface area contributed by atoms with Gasteiger partial charge >= 0.3 is 0 Å². The Morgan fingerprint density at radius 1 is 1.39 bits per heavy atom. The van der Waals surface area contributed by atoms with E-state index < -0.39 is 0 Å². The Balaban J connectivity index is 2.16. The maximum Gasteiger partial charge on any atom is 0.234 e. The summed E-state index contributed by atoms with van der Waals surface area (Å²) in [6, 6.07) is 5.78. The van der Waals surface area contributed by atoms with Gasteiger partial charge in [-0.2, -0.15) is 9.61 Å². The normalized spacial score (nSPS) is 11.2. The monoisotopic (exact) mass is 323 g/mol. The molecule has 2 aromatic heterocycles. The fraction of sp³-hybridized carbons (Fsp3) is 0.182. The van der Waals surface area contributed by atoms with Crippen molar-refractivity contribution in [1.82, 2.24) is 19.8 Å². The fourth-order valence-corrected chi connectivity index (χ4v) is 3.00.